The van der Waals surface area contributed by atoms with E-state index in [0.29, 0.717) is 5.25 Å². The zero-order valence-corrected chi connectivity index (χ0v) is 15.7. The maximum Gasteiger partial charge on any atom is 0.0274 e. The van der Waals surface area contributed by atoms with Crippen LogP contribution >= 0.6 is 11.8 Å². The Hall–Kier alpha value is -0.950. The Morgan fingerprint density at radius 1 is 1.00 bits per heavy atom. The summed E-state index contributed by atoms with van der Waals surface area (Å²) in [5.41, 5.74) is 0. The quantitative estimate of drug-likeness (QED) is 0.191. The first kappa shape index (κ1) is 20.1. The first-order valence-electron chi connectivity index (χ1n) is 9.25. The molecule has 0 amide bonds. The summed E-state index contributed by atoms with van der Waals surface area (Å²) in [6.45, 7) is 10.3. The lowest BCUT2D eigenvalue weighted by molar-refractivity contribution is 0.433. The predicted molar refractivity (Wildman–Crippen MR) is 107 cm³/mol. The lowest BCUT2D eigenvalue weighted by Crippen LogP contribution is -2.08. The Morgan fingerprint density at radius 3 is 2.35 bits per heavy atom. The average Bonchev–Trinajstić information content (AvgIpc) is 2.58. The molecule has 0 N–H and O–H groups in total. The molecule has 0 radical (unpaired) electrons. The van der Waals surface area contributed by atoms with Gasteiger partial charge in [0.05, 0.1) is 0 Å². The predicted octanol–water partition coefficient (Wildman–Crippen LogP) is 7.67. The molecule has 0 aliphatic carbocycles. The molecule has 2 unspecified atom stereocenters. The van der Waals surface area contributed by atoms with Crippen molar-refractivity contribution in [3.63, 3.8) is 0 Å². The van der Waals surface area contributed by atoms with Crippen molar-refractivity contribution in [1.82, 2.24) is 0 Å². The highest BCUT2D eigenvalue weighted by molar-refractivity contribution is 8.00. The largest absolute Gasteiger partial charge is 0.119 e. The van der Waals surface area contributed by atoms with Crippen molar-refractivity contribution >= 4 is 11.8 Å². The highest BCUT2D eigenvalue weighted by atomic mass is 32.2. The zero-order valence-electron chi connectivity index (χ0n) is 14.9. The van der Waals surface area contributed by atoms with E-state index in [0.717, 1.165) is 12.3 Å². The van der Waals surface area contributed by atoms with Crippen LogP contribution in [0.2, 0.25) is 0 Å². The molecule has 0 aliphatic heterocycles. The topological polar surface area (TPSA) is 0 Å². The molecule has 0 aliphatic rings. The Kier molecular flexibility index (Phi) is 11.8. The molecule has 1 heteroatoms. The van der Waals surface area contributed by atoms with Gasteiger partial charge in [0.15, 0.2) is 0 Å². The number of unbranched alkanes of at least 4 members (excludes halogenated alkanes) is 5. The summed E-state index contributed by atoms with van der Waals surface area (Å²) in [7, 11) is 0. The van der Waals surface area contributed by atoms with Crippen LogP contribution in [0.15, 0.2) is 60.5 Å². The Balaban J connectivity index is 2.36. The molecule has 1 aromatic carbocycles. The van der Waals surface area contributed by atoms with E-state index in [4.69, 9.17) is 0 Å². The summed E-state index contributed by atoms with van der Waals surface area (Å²) in [5.74, 6) is 0.748. The molecule has 0 saturated carbocycles. The lowest BCUT2D eigenvalue weighted by atomic mass is 9.92. The van der Waals surface area contributed by atoms with Crippen molar-refractivity contribution in [1.29, 1.82) is 0 Å². The first-order chi connectivity index (χ1) is 11.3. The van der Waals surface area contributed by atoms with Crippen LogP contribution in [-0.4, -0.2) is 5.25 Å². The molecule has 0 nitrogen and oxygen atoms in total. The van der Waals surface area contributed by atoms with Crippen LogP contribution in [-0.2, 0) is 0 Å². The molecule has 128 valence electrons. The Morgan fingerprint density at radius 2 is 1.70 bits per heavy atom. The number of hydrogen-bond acceptors (Lipinski definition) is 1. The van der Waals surface area contributed by atoms with Gasteiger partial charge in [0, 0.05) is 10.1 Å². The molecule has 0 saturated heterocycles. The fraction of sp³-hybridized carbons (Fsp3) is 0.545. The summed E-state index contributed by atoms with van der Waals surface area (Å²) in [5, 5.41) is 0.502. The van der Waals surface area contributed by atoms with Crippen LogP contribution in [0.4, 0.5) is 0 Å². The van der Waals surface area contributed by atoms with Crippen LogP contribution < -0.4 is 0 Å². The number of benzene rings is 1. The van der Waals surface area contributed by atoms with E-state index in [1.54, 1.807) is 0 Å². The number of thioether (sulfide) groups is 1. The van der Waals surface area contributed by atoms with Crippen molar-refractivity contribution in [2.75, 3.05) is 0 Å². The molecule has 0 fully saturated rings. The van der Waals surface area contributed by atoms with E-state index in [1.165, 1.54) is 56.3 Å². The van der Waals surface area contributed by atoms with Crippen LogP contribution in [0.3, 0.4) is 0 Å². The van der Waals surface area contributed by atoms with E-state index in [2.05, 4.69) is 62.6 Å². The van der Waals surface area contributed by atoms with Gasteiger partial charge >= 0.3 is 0 Å². The third-order valence-corrected chi connectivity index (χ3v) is 5.56. The van der Waals surface area contributed by atoms with Crippen molar-refractivity contribution < 1.29 is 0 Å². The summed E-state index contributed by atoms with van der Waals surface area (Å²) in [6, 6.07) is 10.7. The van der Waals surface area contributed by atoms with Crippen molar-refractivity contribution in [2.24, 2.45) is 5.92 Å². The maximum atomic E-state index is 4.05. The second-order valence-corrected chi connectivity index (χ2v) is 7.70. The van der Waals surface area contributed by atoms with Crippen LogP contribution in [0.25, 0.3) is 0 Å². The van der Waals surface area contributed by atoms with Crippen molar-refractivity contribution in [3.05, 3.63) is 55.6 Å². The highest BCUT2D eigenvalue weighted by Gasteiger charge is 2.14. The summed E-state index contributed by atoms with van der Waals surface area (Å²) in [6.07, 6.45) is 16.2. The molecule has 1 rings (SSSR count). The minimum atomic E-state index is 0.502. The molecule has 0 aromatic heterocycles. The number of rotatable bonds is 14. The van der Waals surface area contributed by atoms with Gasteiger partial charge in [-0.05, 0) is 30.9 Å². The molecule has 0 bridgehead atoms. The van der Waals surface area contributed by atoms with Crippen LogP contribution in [0, 0.1) is 5.92 Å². The van der Waals surface area contributed by atoms with E-state index in [-0.39, 0.29) is 0 Å². The lowest BCUT2D eigenvalue weighted by Gasteiger charge is -2.20. The van der Waals surface area contributed by atoms with E-state index in [1.807, 2.05) is 11.8 Å². The van der Waals surface area contributed by atoms with Gasteiger partial charge in [-0.3, -0.25) is 0 Å². The van der Waals surface area contributed by atoms with Gasteiger partial charge < -0.3 is 0 Å². The molecule has 1 aromatic rings. The van der Waals surface area contributed by atoms with Gasteiger partial charge in [-0.2, -0.15) is 0 Å². The van der Waals surface area contributed by atoms with Gasteiger partial charge in [0.1, 0.15) is 0 Å². The van der Waals surface area contributed by atoms with E-state index in [9.17, 15) is 0 Å². The Bertz CT molecular complexity index is 409. The summed E-state index contributed by atoms with van der Waals surface area (Å²) >= 11 is 1.94. The fourth-order valence-electron chi connectivity index (χ4n) is 2.98. The molecular weight excluding hydrogens is 296 g/mol. The van der Waals surface area contributed by atoms with Gasteiger partial charge in [0.2, 0.25) is 0 Å². The summed E-state index contributed by atoms with van der Waals surface area (Å²) in [4.78, 5) is 1.34. The second kappa shape index (κ2) is 13.5. The van der Waals surface area contributed by atoms with Gasteiger partial charge in [-0.25, -0.2) is 0 Å². The average molecular weight is 331 g/mol. The number of allylic oxidation sites excluding steroid dienone is 1. The van der Waals surface area contributed by atoms with Gasteiger partial charge in [0.25, 0.3) is 0 Å². The smallest absolute Gasteiger partial charge is 0.0274 e. The Labute approximate surface area is 148 Å². The second-order valence-electron chi connectivity index (χ2n) is 6.39. The maximum absolute atomic E-state index is 4.05. The highest BCUT2D eigenvalue weighted by Crippen LogP contribution is 2.31. The summed E-state index contributed by atoms with van der Waals surface area (Å²) < 4.78 is 0. The van der Waals surface area contributed by atoms with Crippen LogP contribution in [0.5, 0.6) is 0 Å². The van der Waals surface area contributed by atoms with Gasteiger partial charge in [-0.15, -0.1) is 24.9 Å². The third kappa shape index (κ3) is 9.71. The number of hydrogen-bond donors (Lipinski definition) is 0. The molecule has 2 atom stereocenters. The molecule has 23 heavy (non-hydrogen) atoms. The molecule has 0 spiro atoms. The monoisotopic (exact) mass is 330 g/mol. The standard InChI is InChI=1S/C22H34S/c1-4-7-8-9-10-12-16-20(15-5-2)19-21(6-3)23-22-17-13-11-14-18-22/h5-6,11,13-14,17-18,20-21H,2-4,7-10,12,15-16,19H2,1H3. The molecule has 0 heterocycles. The SMILES string of the molecule is C=CCC(CCCCCCCC)CC(C=C)Sc1ccccc1. The van der Waals surface area contributed by atoms with E-state index < -0.39 is 0 Å². The zero-order chi connectivity index (χ0) is 16.8. The minimum Gasteiger partial charge on any atom is -0.119 e. The van der Waals surface area contributed by atoms with Crippen LogP contribution in [0.1, 0.15) is 64.7 Å². The van der Waals surface area contributed by atoms with Gasteiger partial charge in [-0.1, -0.05) is 82.2 Å². The fourth-order valence-corrected chi connectivity index (χ4v) is 4.10. The van der Waals surface area contributed by atoms with Crippen molar-refractivity contribution in [3.8, 4) is 0 Å². The van der Waals surface area contributed by atoms with E-state index >= 15 is 0 Å². The third-order valence-electron chi connectivity index (χ3n) is 4.33. The minimum absolute atomic E-state index is 0.502. The normalized spacial score (nSPS) is 13.4. The first-order valence-corrected chi connectivity index (χ1v) is 10.1. The molecular formula is C22H34S. The van der Waals surface area contributed by atoms with Crippen molar-refractivity contribution in [2.45, 2.75) is 74.9 Å².